The average molecular weight is 877 g/mol. The van der Waals surface area contributed by atoms with E-state index >= 15 is 0 Å². The normalized spacial score (nSPS) is 27.0. The Morgan fingerprint density at radius 1 is 1.44 bits per heavy atom. The van der Waals surface area contributed by atoms with E-state index in [4.69, 9.17) is 7.98 Å². The van der Waals surface area contributed by atoms with Crippen LogP contribution in [0.4, 0.5) is 0 Å². The monoisotopic (exact) mass is 877 g/mol. The molecule has 0 spiro atoms. The Morgan fingerprint density at radius 2 is 2.00 bits per heavy atom. The standard InChI is InChI=1S/C15H19BN3O3.CH3.U.V.W.Y/c1-4-11-6-15(11,10(3)20)18-14(22)12-5-9(2)8-19(12)13(21)7-17-16;;;;;/h4,7-9,11-12,17H,1-2,5-6H2,3H3,(H,18,22);1H3;;;;/q-3;-1;;;;/t9-,11-,12+,15+;;;;;/m1...../s1. The first-order valence-corrected chi connectivity index (χ1v) is 7.11. The molecule has 6 nitrogen and oxygen atoms in total. The first-order valence-electron chi connectivity index (χ1n) is 7.11. The quantitative estimate of drug-likeness (QED) is 0.226. The van der Waals surface area contributed by atoms with Crippen molar-refractivity contribution in [3.05, 3.63) is 40.1 Å². The van der Waals surface area contributed by atoms with E-state index in [0.717, 1.165) is 6.54 Å². The van der Waals surface area contributed by atoms with Crippen LogP contribution in [0, 0.1) is 70.4 Å². The van der Waals surface area contributed by atoms with E-state index in [0.29, 0.717) is 12.8 Å². The molecule has 0 aromatic heterocycles. The number of carbonyl (C=O) groups is 3. The molecule has 1 saturated carbocycles. The maximum Gasteiger partial charge on any atom is 0.240 e. The summed E-state index contributed by atoms with van der Waals surface area (Å²) in [7, 11) is 5.10. The maximum absolute atomic E-state index is 12.5. The van der Waals surface area contributed by atoms with Crippen molar-refractivity contribution in [2.45, 2.75) is 31.3 Å². The van der Waals surface area contributed by atoms with Crippen LogP contribution in [-0.4, -0.2) is 42.1 Å². The number of nitrogens with one attached hydrogen (secondary N) is 2. The molecule has 144 valence electrons. The van der Waals surface area contributed by atoms with Gasteiger partial charge >= 0.3 is 0 Å². The molecule has 1 aliphatic carbocycles. The number of hydrogen-bond donors (Lipinski definition) is 2. The number of likely N-dealkylation sites (tertiary alicyclic amines) is 1. The fourth-order valence-electron chi connectivity index (χ4n) is 2.91. The second-order valence-electron chi connectivity index (χ2n) is 5.78. The Bertz CT molecular complexity index is 535. The van der Waals surface area contributed by atoms with Gasteiger partial charge in [-0.15, -0.1) is 6.58 Å². The van der Waals surface area contributed by atoms with E-state index in [1.807, 2.05) is 0 Å². The van der Waals surface area contributed by atoms with Crippen molar-refractivity contribution in [1.82, 2.24) is 15.4 Å². The van der Waals surface area contributed by atoms with E-state index in [2.05, 4.69) is 24.0 Å². The maximum atomic E-state index is 12.5. The molecule has 0 bridgehead atoms. The Labute approximate surface area is 239 Å². The van der Waals surface area contributed by atoms with Crippen molar-refractivity contribution < 1.29 is 118 Å². The molecular formula is C16H22BN3O3UVWY-4. The van der Waals surface area contributed by atoms with Gasteiger partial charge in [0, 0.05) is 109 Å². The molecular weight excluding hydrogens is 855 g/mol. The summed E-state index contributed by atoms with van der Waals surface area (Å²) in [6.45, 7) is 11.6. The van der Waals surface area contributed by atoms with E-state index in [1.165, 1.54) is 11.8 Å². The van der Waals surface area contributed by atoms with Crippen LogP contribution in [-0.2, 0) is 86.7 Å². The molecule has 27 heavy (non-hydrogen) atoms. The summed E-state index contributed by atoms with van der Waals surface area (Å²) in [6.07, 6.45) is 2.62. The van der Waals surface area contributed by atoms with Crippen LogP contribution in [0.3, 0.4) is 0 Å². The van der Waals surface area contributed by atoms with Crippen LogP contribution in [0.5, 0.6) is 0 Å². The van der Waals surface area contributed by atoms with Gasteiger partial charge in [0.15, 0.2) is 5.78 Å². The van der Waals surface area contributed by atoms with Crippen LogP contribution in [0.1, 0.15) is 19.8 Å². The van der Waals surface area contributed by atoms with Gasteiger partial charge in [-0.2, -0.15) is 0 Å². The van der Waals surface area contributed by atoms with E-state index < -0.39 is 17.5 Å². The van der Waals surface area contributed by atoms with E-state index in [9.17, 15) is 14.4 Å². The van der Waals surface area contributed by atoms with Gasteiger partial charge in [-0.25, -0.2) is 0 Å². The number of nitrogens with zero attached hydrogens (tertiary/aromatic N) is 1. The molecule has 1 saturated heterocycles. The van der Waals surface area contributed by atoms with E-state index in [1.54, 1.807) is 12.6 Å². The van der Waals surface area contributed by atoms with Crippen LogP contribution < -0.4 is 10.5 Å². The zero-order valence-corrected chi connectivity index (χ0v) is 26.8. The number of Topliss-reactive ketones (excluding diaryl/α,β-unsaturated/α-hetero) is 1. The molecule has 4 radical (unpaired) electrons. The zero-order chi connectivity index (χ0) is 16.5. The fourth-order valence-corrected chi connectivity index (χ4v) is 2.91. The van der Waals surface area contributed by atoms with Crippen molar-refractivity contribution in [1.29, 1.82) is 0 Å². The van der Waals surface area contributed by atoms with Gasteiger partial charge < -0.3 is 34.6 Å². The minimum atomic E-state index is -0.872. The third kappa shape index (κ3) is 8.37. The number of amides is 2. The predicted molar refractivity (Wildman–Crippen MR) is 87.9 cm³/mol. The molecule has 1 aliphatic heterocycles. The van der Waals surface area contributed by atoms with E-state index in [-0.39, 0.29) is 134 Å². The molecule has 11 heteroatoms. The Balaban J connectivity index is -0.000000529. The van der Waals surface area contributed by atoms with Gasteiger partial charge in [0.25, 0.3) is 0 Å². The number of carbonyl (C=O) groups excluding carboxylic acids is 3. The molecule has 2 N–H and O–H groups in total. The minimum Gasteiger partial charge on any atom is -0.510 e. The predicted octanol–water partition coefficient (Wildman–Crippen LogP) is 0.127. The number of ketones is 1. The van der Waals surface area contributed by atoms with Gasteiger partial charge in [0.2, 0.25) is 5.91 Å². The SMILES string of the molecule is [B]N[CH-]C(=O)N1[CH-][C@H]([CH2-])C[C@H]1C(=O)N[C@]1(C(C)=O)C[C@H]1C=C.[CH3-].[U].[V].[W].[Y]. The average Bonchev–Trinajstić information content (AvgIpc) is 3.03. The molecule has 4 atom stereocenters. The van der Waals surface area contributed by atoms with Gasteiger partial charge in [-0.3, -0.25) is 28.6 Å². The molecule has 0 aromatic rings. The fraction of sp³-hybridized carbons (Fsp3) is 0.438. The summed E-state index contributed by atoms with van der Waals surface area (Å²) in [5.74, 6) is -1.11. The molecule has 2 fully saturated rings. The van der Waals surface area contributed by atoms with Crippen LogP contribution in [0.2, 0.25) is 0 Å². The molecule has 2 amide bonds. The summed E-state index contributed by atoms with van der Waals surface area (Å²) in [6, 6.07) is -0.693. The minimum absolute atomic E-state index is 0. The molecule has 0 unspecified atom stereocenters. The van der Waals surface area contributed by atoms with Crippen molar-refractivity contribution in [2.24, 2.45) is 11.8 Å². The van der Waals surface area contributed by atoms with Gasteiger partial charge in [0.1, 0.15) is 13.5 Å². The summed E-state index contributed by atoms with van der Waals surface area (Å²) in [5, 5.41) is 4.95. The van der Waals surface area contributed by atoms with Crippen molar-refractivity contribution in [3.63, 3.8) is 0 Å². The smallest absolute Gasteiger partial charge is 0.240 e. The zero-order valence-electron chi connectivity index (χ0n) is 15.5. The van der Waals surface area contributed by atoms with Gasteiger partial charge in [-0.1, -0.05) is 12.5 Å². The molecule has 1 heterocycles. The topological polar surface area (TPSA) is 78.5 Å². The second-order valence-corrected chi connectivity index (χ2v) is 5.78. The van der Waals surface area contributed by atoms with Crippen LogP contribution in [0.15, 0.2) is 12.7 Å². The molecule has 0 aromatic carbocycles. The molecule has 2 rings (SSSR count). The first-order chi connectivity index (χ1) is 10.4. The summed E-state index contributed by atoms with van der Waals surface area (Å²) in [4.78, 5) is 37.6. The molecule has 2 aliphatic rings. The summed E-state index contributed by atoms with van der Waals surface area (Å²) in [5.41, 5.74) is -0.872. The third-order valence-corrected chi connectivity index (χ3v) is 4.27. The largest absolute Gasteiger partial charge is 0.510 e. The second kappa shape index (κ2) is 15.5. The van der Waals surface area contributed by atoms with Crippen LogP contribution >= 0.6 is 0 Å². The number of rotatable bonds is 6. The van der Waals surface area contributed by atoms with Crippen molar-refractivity contribution in [3.8, 4) is 0 Å². The summed E-state index contributed by atoms with van der Waals surface area (Å²) >= 11 is 0. The number of hydrogen-bond acceptors (Lipinski definition) is 4. The van der Waals surface area contributed by atoms with Crippen LogP contribution in [0.25, 0.3) is 0 Å². The Morgan fingerprint density at radius 3 is 2.41 bits per heavy atom. The van der Waals surface area contributed by atoms with Gasteiger partial charge in [0.05, 0.1) is 11.9 Å². The first kappa shape index (κ1) is 36.1. The van der Waals surface area contributed by atoms with Crippen molar-refractivity contribution in [2.75, 3.05) is 0 Å². The Hall–Kier alpha value is 1.67. The van der Waals surface area contributed by atoms with Gasteiger partial charge in [-0.05, 0) is 13.3 Å². The van der Waals surface area contributed by atoms with Crippen molar-refractivity contribution >= 4 is 25.6 Å². The summed E-state index contributed by atoms with van der Waals surface area (Å²) < 4.78 is 0. The third-order valence-electron chi connectivity index (χ3n) is 4.27. The Kier molecular flexibility index (Phi) is 20.7.